The number of benzene rings is 2. The van der Waals surface area contributed by atoms with E-state index in [2.05, 4.69) is 10.2 Å². The summed E-state index contributed by atoms with van der Waals surface area (Å²) >= 11 is 1.56. The maximum atomic E-state index is 11.6. The molecule has 0 saturated carbocycles. The fourth-order valence-corrected chi connectivity index (χ4v) is 3.34. The topological polar surface area (TPSA) is 66.2 Å². The summed E-state index contributed by atoms with van der Waals surface area (Å²) in [5.41, 5.74) is 2.54. The molecule has 0 saturated heterocycles. The number of hydrogen-bond donors (Lipinski definition) is 0. The maximum absolute atomic E-state index is 11.6. The van der Waals surface area contributed by atoms with Crippen LogP contribution in [0.15, 0.2) is 53.7 Å². The van der Waals surface area contributed by atoms with E-state index < -0.39 is 0 Å². The van der Waals surface area contributed by atoms with Crippen LogP contribution in [0.1, 0.15) is 15.9 Å². The Hall–Kier alpha value is -2.80. The molecule has 1 heterocycles. The highest BCUT2D eigenvalue weighted by molar-refractivity contribution is 7.98. The van der Waals surface area contributed by atoms with Gasteiger partial charge in [0.2, 0.25) is 0 Å². The van der Waals surface area contributed by atoms with Gasteiger partial charge in [-0.15, -0.1) is 10.2 Å². The first kappa shape index (κ1) is 18.0. The lowest BCUT2D eigenvalue weighted by Crippen LogP contribution is -2.01. The van der Waals surface area contributed by atoms with Crippen molar-refractivity contribution in [2.45, 2.75) is 10.9 Å². The van der Waals surface area contributed by atoms with Crippen LogP contribution in [-0.4, -0.2) is 35.0 Å². The number of esters is 1. The van der Waals surface area contributed by atoms with E-state index in [-0.39, 0.29) is 5.97 Å². The zero-order chi connectivity index (χ0) is 18.5. The molecular weight excluding hydrogens is 350 g/mol. The third-order valence-corrected chi connectivity index (χ3v) is 4.99. The van der Waals surface area contributed by atoms with Crippen LogP contribution in [0.2, 0.25) is 0 Å². The van der Waals surface area contributed by atoms with Gasteiger partial charge in [-0.3, -0.25) is 0 Å². The Kier molecular flexibility index (Phi) is 5.58. The Labute approximate surface area is 156 Å². The zero-order valence-corrected chi connectivity index (χ0v) is 15.6. The lowest BCUT2D eigenvalue weighted by molar-refractivity contribution is 0.0600. The van der Waals surface area contributed by atoms with Gasteiger partial charge in [-0.2, -0.15) is 0 Å². The Morgan fingerprint density at radius 3 is 2.58 bits per heavy atom. The summed E-state index contributed by atoms with van der Waals surface area (Å²) in [6, 6.07) is 15.1. The Morgan fingerprint density at radius 1 is 1.12 bits per heavy atom. The minimum absolute atomic E-state index is 0.336. The smallest absolute Gasteiger partial charge is 0.337 e. The molecule has 0 atom stereocenters. The molecule has 6 nitrogen and oxygen atoms in total. The van der Waals surface area contributed by atoms with Gasteiger partial charge >= 0.3 is 5.97 Å². The number of aromatic nitrogens is 3. The number of nitrogens with zero attached hydrogens (tertiary/aromatic N) is 3. The molecule has 2 aromatic carbocycles. The second kappa shape index (κ2) is 8.05. The molecule has 134 valence electrons. The molecule has 0 aliphatic carbocycles. The van der Waals surface area contributed by atoms with Crippen molar-refractivity contribution < 1.29 is 14.3 Å². The molecule has 0 fully saturated rings. The quantitative estimate of drug-likeness (QED) is 0.489. The summed E-state index contributed by atoms with van der Waals surface area (Å²) in [5.74, 6) is 1.94. The van der Waals surface area contributed by atoms with Gasteiger partial charge in [-0.1, -0.05) is 23.9 Å². The van der Waals surface area contributed by atoms with Gasteiger partial charge < -0.3 is 14.0 Å². The minimum Gasteiger partial charge on any atom is -0.497 e. The second-order valence-electron chi connectivity index (χ2n) is 5.57. The van der Waals surface area contributed by atoms with Crippen LogP contribution in [0, 0.1) is 0 Å². The van der Waals surface area contributed by atoms with Gasteiger partial charge in [0.1, 0.15) is 5.75 Å². The highest BCUT2D eigenvalue weighted by Gasteiger charge is 2.12. The van der Waals surface area contributed by atoms with E-state index in [0.717, 1.165) is 27.9 Å². The average Bonchev–Trinajstić information content (AvgIpc) is 3.06. The Balaban J connectivity index is 1.73. The van der Waals surface area contributed by atoms with E-state index >= 15 is 0 Å². The third kappa shape index (κ3) is 3.88. The van der Waals surface area contributed by atoms with Crippen LogP contribution in [0.4, 0.5) is 0 Å². The SMILES string of the molecule is COC(=O)c1cccc(CSc2nnc(-c3ccc(OC)cc3)n2C)c1. The molecule has 26 heavy (non-hydrogen) atoms. The summed E-state index contributed by atoms with van der Waals surface area (Å²) in [5, 5.41) is 9.37. The van der Waals surface area contributed by atoms with Crippen molar-refractivity contribution in [3.05, 3.63) is 59.7 Å². The maximum Gasteiger partial charge on any atom is 0.337 e. The van der Waals surface area contributed by atoms with Gasteiger partial charge in [0, 0.05) is 18.4 Å². The van der Waals surface area contributed by atoms with Gasteiger partial charge in [0.05, 0.1) is 19.8 Å². The molecule has 0 radical (unpaired) electrons. The summed E-state index contributed by atoms with van der Waals surface area (Å²) in [6.45, 7) is 0. The third-order valence-electron chi connectivity index (χ3n) is 3.90. The van der Waals surface area contributed by atoms with Crippen molar-refractivity contribution >= 4 is 17.7 Å². The van der Waals surface area contributed by atoms with Gasteiger partial charge in [-0.05, 0) is 42.0 Å². The van der Waals surface area contributed by atoms with Crippen LogP contribution in [-0.2, 0) is 17.5 Å². The van der Waals surface area contributed by atoms with E-state index in [1.54, 1.807) is 24.9 Å². The van der Waals surface area contributed by atoms with E-state index in [1.807, 2.05) is 54.1 Å². The molecule has 0 spiro atoms. The summed E-state index contributed by atoms with van der Waals surface area (Å²) < 4.78 is 11.9. The number of rotatable bonds is 6. The first-order chi connectivity index (χ1) is 12.6. The number of carbonyl (C=O) groups excluding carboxylic acids is 1. The highest BCUT2D eigenvalue weighted by atomic mass is 32.2. The zero-order valence-electron chi connectivity index (χ0n) is 14.8. The summed E-state index contributed by atoms with van der Waals surface area (Å²) in [4.78, 5) is 11.6. The second-order valence-corrected chi connectivity index (χ2v) is 6.52. The van der Waals surface area contributed by atoms with E-state index in [0.29, 0.717) is 11.3 Å². The van der Waals surface area contributed by atoms with Crippen LogP contribution in [0.25, 0.3) is 11.4 Å². The van der Waals surface area contributed by atoms with E-state index in [9.17, 15) is 4.79 Å². The molecule has 3 rings (SSSR count). The molecule has 0 unspecified atom stereocenters. The first-order valence-electron chi connectivity index (χ1n) is 7.96. The Morgan fingerprint density at radius 2 is 1.88 bits per heavy atom. The monoisotopic (exact) mass is 369 g/mol. The molecule has 7 heteroatoms. The predicted octanol–water partition coefficient (Wildman–Crippen LogP) is 3.57. The average molecular weight is 369 g/mol. The van der Waals surface area contributed by atoms with Crippen molar-refractivity contribution in [3.8, 4) is 17.1 Å². The van der Waals surface area contributed by atoms with Crippen molar-refractivity contribution in [1.82, 2.24) is 14.8 Å². The summed E-state index contributed by atoms with van der Waals surface area (Å²) in [7, 11) is 4.96. The first-order valence-corrected chi connectivity index (χ1v) is 8.95. The van der Waals surface area contributed by atoms with E-state index in [4.69, 9.17) is 9.47 Å². The molecule has 0 amide bonds. The molecule has 0 aliphatic heterocycles. The van der Waals surface area contributed by atoms with Crippen LogP contribution in [0.3, 0.4) is 0 Å². The van der Waals surface area contributed by atoms with Gasteiger partial charge in [0.15, 0.2) is 11.0 Å². The van der Waals surface area contributed by atoms with Crippen LogP contribution in [0.5, 0.6) is 5.75 Å². The number of ether oxygens (including phenoxy) is 2. The van der Waals surface area contributed by atoms with Crippen molar-refractivity contribution in [3.63, 3.8) is 0 Å². The molecule has 0 bridgehead atoms. The number of thioether (sulfide) groups is 1. The van der Waals surface area contributed by atoms with E-state index in [1.165, 1.54) is 7.11 Å². The molecule has 1 aromatic heterocycles. The number of methoxy groups -OCH3 is 2. The minimum atomic E-state index is -0.336. The predicted molar refractivity (Wildman–Crippen MR) is 100 cm³/mol. The highest BCUT2D eigenvalue weighted by Crippen LogP contribution is 2.26. The standard InChI is InChI=1S/C19H19N3O3S/c1-22-17(14-7-9-16(24-2)10-8-14)20-21-19(22)26-12-13-5-4-6-15(11-13)18(23)25-3/h4-11H,12H2,1-3H3. The fourth-order valence-electron chi connectivity index (χ4n) is 2.49. The fraction of sp³-hybridized carbons (Fsp3) is 0.211. The molecular formula is C19H19N3O3S. The number of hydrogen-bond acceptors (Lipinski definition) is 6. The molecule has 0 N–H and O–H groups in total. The number of carbonyl (C=O) groups is 1. The van der Waals surface area contributed by atoms with Gasteiger partial charge in [0.25, 0.3) is 0 Å². The normalized spacial score (nSPS) is 10.6. The molecule has 3 aromatic rings. The van der Waals surface area contributed by atoms with Crippen LogP contribution >= 0.6 is 11.8 Å². The Bertz CT molecular complexity index is 907. The van der Waals surface area contributed by atoms with Crippen molar-refractivity contribution in [1.29, 1.82) is 0 Å². The lowest BCUT2D eigenvalue weighted by Gasteiger charge is -2.06. The van der Waals surface area contributed by atoms with Crippen molar-refractivity contribution in [2.24, 2.45) is 7.05 Å². The molecule has 0 aliphatic rings. The van der Waals surface area contributed by atoms with Gasteiger partial charge in [-0.25, -0.2) is 4.79 Å². The van der Waals surface area contributed by atoms with Crippen molar-refractivity contribution in [2.75, 3.05) is 14.2 Å². The largest absolute Gasteiger partial charge is 0.497 e. The summed E-state index contributed by atoms with van der Waals surface area (Å²) in [6.07, 6.45) is 0. The lowest BCUT2D eigenvalue weighted by atomic mass is 10.1. The van der Waals surface area contributed by atoms with Crippen LogP contribution < -0.4 is 4.74 Å².